The van der Waals surface area contributed by atoms with Gasteiger partial charge in [-0.3, -0.25) is 19.0 Å². The van der Waals surface area contributed by atoms with Crippen molar-refractivity contribution >= 4 is 28.7 Å². The van der Waals surface area contributed by atoms with Crippen LogP contribution in [0.1, 0.15) is 21.7 Å². The zero-order valence-corrected chi connectivity index (χ0v) is 18.4. The Balaban J connectivity index is 1.39. The number of amides is 1. The molecule has 0 fully saturated rings. The van der Waals surface area contributed by atoms with Crippen molar-refractivity contribution in [3.8, 4) is 0 Å². The summed E-state index contributed by atoms with van der Waals surface area (Å²) in [6, 6.07) is 18.2. The van der Waals surface area contributed by atoms with Crippen LogP contribution in [-0.4, -0.2) is 27.3 Å². The van der Waals surface area contributed by atoms with Crippen molar-refractivity contribution in [1.29, 1.82) is 0 Å². The molecule has 2 heterocycles. The second kappa shape index (κ2) is 9.74. The van der Waals surface area contributed by atoms with Crippen LogP contribution in [-0.2, 0) is 19.3 Å². The number of carbonyl (C=O) groups is 1. The number of furan rings is 1. The number of hydrogen-bond acceptors (Lipinski definition) is 5. The minimum atomic E-state index is -0.569. The van der Waals surface area contributed by atoms with Gasteiger partial charge in [-0.25, -0.2) is 0 Å². The molecule has 164 valence electrons. The maximum absolute atomic E-state index is 12.6. The molecule has 4 rings (SSSR count). The van der Waals surface area contributed by atoms with Crippen molar-refractivity contribution in [2.75, 3.05) is 12.3 Å². The normalized spacial score (nSPS) is 11.0. The Morgan fingerprint density at radius 1 is 0.969 bits per heavy atom. The van der Waals surface area contributed by atoms with Gasteiger partial charge in [0.15, 0.2) is 0 Å². The highest BCUT2D eigenvalue weighted by Gasteiger charge is 2.11. The molecule has 7 nitrogen and oxygen atoms in total. The fourth-order valence-corrected chi connectivity index (χ4v) is 4.22. The highest BCUT2D eigenvalue weighted by Crippen LogP contribution is 2.13. The smallest absolute Gasteiger partial charge is 0.317 e. The van der Waals surface area contributed by atoms with Crippen LogP contribution >= 0.6 is 11.8 Å². The molecule has 0 aliphatic heterocycles. The minimum Gasteiger partial charge on any atom is -0.468 e. The van der Waals surface area contributed by atoms with E-state index in [0.717, 1.165) is 22.8 Å². The van der Waals surface area contributed by atoms with Crippen molar-refractivity contribution in [1.82, 2.24) is 14.5 Å². The first kappa shape index (κ1) is 21.7. The summed E-state index contributed by atoms with van der Waals surface area (Å²) in [6.45, 7) is 0.807. The fraction of sp³-hybridized carbons (Fsp3) is 0.208. The minimum absolute atomic E-state index is 0.147. The van der Waals surface area contributed by atoms with E-state index in [1.807, 2.05) is 36.4 Å². The Morgan fingerprint density at radius 3 is 2.44 bits per heavy atom. The number of benzene rings is 2. The van der Waals surface area contributed by atoms with E-state index in [1.54, 1.807) is 49.3 Å². The quantitative estimate of drug-likeness (QED) is 0.330. The maximum atomic E-state index is 12.6. The van der Waals surface area contributed by atoms with E-state index in [-0.39, 0.29) is 12.5 Å². The van der Waals surface area contributed by atoms with Crippen LogP contribution in [0.2, 0.25) is 0 Å². The van der Waals surface area contributed by atoms with Gasteiger partial charge in [0.2, 0.25) is 0 Å². The number of carbonyl (C=O) groups excluding carboxylic acids is 1. The van der Waals surface area contributed by atoms with E-state index in [0.29, 0.717) is 23.1 Å². The van der Waals surface area contributed by atoms with E-state index >= 15 is 0 Å². The molecule has 0 aliphatic carbocycles. The molecule has 1 amide bonds. The van der Waals surface area contributed by atoms with Crippen LogP contribution in [0.5, 0.6) is 0 Å². The lowest BCUT2D eigenvalue weighted by Gasteiger charge is -2.13. The topological polar surface area (TPSA) is 86.2 Å². The van der Waals surface area contributed by atoms with E-state index in [2.05, 4.69) is 5.32 Å². The summed E-state index contributed by atoms with van der Waals surface area (Å²) in [5, 5.41) is 2.91. The summed E-state index contributed by atoms with van der Waals surface area (Å²) < 4.78 is 8.12. The van der Waals surface area contributed by atoms with Crippen molar-refractivity contribution in [3.05, 3.63) is 105 Å². The molecule has 0 atom stereocenters. The number of para-hydroxylation sites is 2. The Kier molecular flexibility index (Phi) is 6.61. The lowest BCUT2D eigenvalue weighted by Crippen LogP contribution is -2.40. The number of rotatable bonds is 8. The van der Waals surface area contributed by atoms with Gasteiger partial charge >= 0.3 is 11.1 Å². The molecule has 0 aliphatic rings. The summed E-state index contributed by atoms with van der Waals surface area (Å²) in [5.41, 5.74) is 1.62. The van der Waals surface area contributed by atoms with Crippen LogP contribution in [0.4, 0.5) is 0 Å². The largest absolute Gasteiger partial charge is 0.468 e. The molecule has 0 unspecified atom stereocenters. The van der Waals surface area contributed by atoms with Crippen molar-refractivity contribution in [2.45, 2.75) is 12.3 Å². The lowest BCUT2D eigenvalue weighted by molar-refractivity contribution is 0.0956. The van der Waals surface area contributed by atoms with Gasteiger partial charge in [0.1, 0.15) is 5.76 Å². The molecule has 0 saturated heterocycles. The zero-order chi connectivity index (χ0) is 22.5. The van der Waals surface area contributed by atoms with Crippen LogP contribution in [0.25, 0.3) is 11.0 Å². The number of thioether (sulfide) groups is 1. The Hall–Kier alpha value is -3.52. The Labute approximate surface area is 188 Å². The first-order valence-corrected chi connectivity index (χ1v) is 11.4. The van der Waals surface area contributed by atoms with Gasteiger partial charge < -0.3 is 14.3 Å². The third kappa shape index (κ3) is 4.70. The number of fused-ring (bicyclic) bond motifs is 1. The summed E-state index contributed by atoms with van der Waals surface area (Å²) in [5.74, 6) is 2.32. The molecule has 1 N–H and O–H groups in total. The van der Waals surface area contributed by atoms with Crippen LogP contribution in [0, 0.1) is 0 Å². The van der Waals surface area contributed by atoms with Crippen molar-refractivity contribution in [3.63, 3.8) is 0 Å². The van der Waals surface area contributed by atoms with Crippen LogP contribution in [0.15, 0.2) is 80.9 Å². The van der Waals surface area contributed by atoms with E-state index < -0.39 is 11.1 Å². The van der Waals surface area contributed by atoms with Gasteiger partial charge in [0.25, 0.3) is 5.91 Å². The van der Waals surface area contributed by atoms with Gasteiger partial charge in [0, 0.05) is 24.9 Å². The third-order valence-corrected chi connectivity index (χ3v) is 6.16. The van der Waals surface area contributed by atoms with E-state index in [1.165, 1.54) is 9.13 Å². The molecule has 4 aromatic rings. The summed E-state index contributed by atoms with van der Waals surface area (Å²) >= 11 is 1.69. The third-order valence-electron chi connectivity index (χ3n) is 5.18. The molecule has 0 saturated carbocycles. The first-order chi connectivity index (χ1) is 15.5. The molecule has 32 heavy (non-hydrogen) atoms. The number of nitrogens with one attached hydrogen (secondary N) is 1. The second-order valence-corrected chi connectivity index (χ2v) is 8.43. The number of hydrogen-bond donors (Lipinski definition) is 1. The monoisotopic (exact) mass is 449 g/mol. The number of aromatic nitrogens is 2. The van der Waals surface area contributed by atoms with Gasteiger partial charge in [-0.05, 0) is 42.0 Å². The lowest BCUT2D eigenvalue weighted by atomic mass is 10.1. The zero-order valence-electron chi connectivity index (χ0n) is 17.6. The van der Waals surface area contributed by atoms with Gasteiger partial charge in [-0.2, -0.15) is 11.8 Å². The van der Waals surface area contributed by atoms with Crippen molar-refractivity contribution < 1.29 is 9.21 Å². The standard InChI is InChI=1S/C24H23N3O4S/c1-26-20-6-2-3-7-21(20)27(24(30)23(26)29)15-17-8-10-18(11-9-17)22(28)25-12-14-32-16-19-5-4-13-31-19/h2-11,13H,12,14-16H2,1H3,(H,25,28). The predicted octanol–water partition coefficient (Wildman–Crippen LogP) is 3.00. The summed E-state index contributed by atoms with van der Waals surface area (Å²) in [4.78, 5) is 37.3. The average Bonchev–Trinajstić information content (AvgIpc) is 3.34. The van der Waals surface area contributed by atoms with Crippen LogP contribution in [0.3, 0.4) is 0 Å². The number of nitrogens with zero attached hydrogens (tertiary/aromatic N) is 2. The van der Waals surface area contributed by atoms with Gasteiger partial charge in [-0.15, -0.1) is 0 Å². The highest BCUT2D eigenvalue weighted by atomic mass is 32.2. The fourth-order valence-electron chi connectivity index (χ4n) is 3.46. The molecule has 2 aromatic heterocycles. The highest BCUT2D eigenvalue weighted by molar-refractivity contribution is 7.98. The van der Waals surface area contributed by atoms with E-state index in [9.17, 15) is 14.4 Å². The predicted molar refractivity (Wildman–Crippen MR) is 126 cm³/mol. The van der Waals surface area contributed by atoms with Crippen molar-refractivity contribution in [2.24, 2.45) is 7.05 Å². The summed E-state index contributed by atoms with van der Waals surface area (Å²) in [7, 11) is 1.60. The molecular formula is C24H23N3O4S. The Morgan fingerprint density at radius 2 is 1.72 bits per heavy atom. The SMILES string of the molecule is Cn1c(=O)c(=O)n(Cc2ccc(C(=O)NCCSCc3ccco3)cc2)c2ccccc21. The van der Waals surface area contributed by atoms with Gasteiger partial charge in [0.05, 0.1) is 29.6 Å². The average molecular weight is 450 g/mol. The number of aryl methyl sites for hydroxylation is 1. The Bertz CT molecular complexity index is 1340. The van der Waals surface area contributed by atoms with Crippen LogP contribution < -0.4 is 16.4 Å². The van der Waals surface area contributed by atoms with E-state index in [4.69, 9.17) is 4.42 Å². The van der Waals surface area contributed by atoms with Gasteiger partial charge in [-0.1, -0.05) is 24.3 Å². The second-order valence-electron chi connectivity index (χ2n) is 7.33. The molecular weight excluding hydrogens is 426 g/mol. The molecule has 0 radical (unpaired) electrons. The molecule has 2 aromatic carbocycles. The maximum Gasteiger partial charge on any atom is 0.317 e. The summed E-state index contributed by atoms with van der Waals surface area (Å²) in [6.07, 6.45) is 1.65. The first-order valence-electron chi connectivity index (χ1n) is 10.2. The molecule has 8 heteroatoms. The molecule has 0 bridgehead atoms. The molecule has 0 spiro atoms.